The van der Waals surface area contributed by atoms with Crippen LogP contribution in [0.15, 0.2) is 47.2 Å². The second-order valence-corrected chi connectivity index (χ2v) is 6.44. The number of fused-ring (bicyclic) bond motifs is 1. The van der Waals surface area contributed by atoms with Crippen molar-refractivity contribution >= 4 is 17.3 Å². The molecule has 1 heterocycles. The lowest BCUT2D eigenvalue weighted by atomic mass is 9.75. The fraction of sp³-hybridized carbons (Fsp3) is 0.278. The van der Waals surface area contributed by atoms with Gasteiger partial charge in [0.15, 0.2) is 5.60 Å². The van der Waals surface area contributed by atoms with Crippen LogP contribution in [-0.2, 0) is 21.6 Å². The summed E-state index contributed by atoms with van der Waals surface area (Å²) in [4.78, 5) is 12.2. The number of hydrogen-bond donors (Lipinski definition) is 0. The summed E-state index contributed by atoms with van der Waals surface area (Å²) < 4.78 is 19.7. The first-order valence-electron chi connectivity index (χ1n) is 7.23. The number of halogens is 1. The summed E-state index contributed by atoms with van der Waals surface area (Å²) in [6.45, 7) is 5.28. The highest BCUT2D eigenvalue weighted by atomic mass is 32.1. The molecule has 0 fully saturated rings. The van der Waals surface area contributed by atoms with Gasteiger partial charge in [0.25, 0.3) is 0 Å². The molecule has 1 aromatic heterocycles. The quantitative estimate of drug-likeness (QED) is 0.612. The van der Waals surface area contributed by atoms with Crippen LogP contribution in [0.4, 0.5) is 4.39 Å². The molecular formula is C18H17FO2S. The van der Waals surface area contributed by atoms with Gasteiger partial charge in [0.1, 0.15) is 5.82 Å². The average molecular weight is 316 g/mol. The Morgan fingerprint density at radius 2 is 2.23 bits per heavy atom. The molecule has 0 spiro atoms. The minimum Gasteiger partial charge on any atom is -0.446 e. The molecule has 0 saturated carbocycles. The first-order valence-corrected chi connectivity index (χ1v) is 8.17. The smallest absolute Gasteiger partial charge is 0.334 e. The highest BCUT2D eigenvalue weighted by Gasteiger charge is 2.42. The molecule has 0 saturated heterocycles. The van der Waals surface area contributed by atoms with E-state index in [1.54, 1.807) is 13.0 Å². The topological polar surface area (TPSA) is 26.3 Å². The normalized spacial score (nSPS) is 20.3. The van der Waals surface area contributed by atoms with E-state index < -0.39 is 11.6 Å². The van der Waals surface area contributed by atoms with Crippen molar-refractivity contribution in [3.05, 3.63) is 69.7 Å². The largest absolute Gasteiger partial charge is 0.446 e. The molecule has 0 amide bonds. The Balaban J connectivity index is 2.18. The van der Waals surface area contributed by atoms with Gasteiger partial charge in [-0.2, -0.15) is 11.3 Å². The molecule has 0 radical (unpaired) electrons. The van der Waals surface area contributed by atoms with E-state index in [-0.39, 0.29) is 5.82 Å². The van der Waals surface area contributed by atoms with Crippen molar-refractivity contribution in [2.75, 3.05) is 0 Å². The summed E-state index contributed by atoms with van der Waals surface area (Å²) in [6.07, 6.45) is 2.41. The van der Waals surface area contributed by atoms with Crippen LogP contribution in [0.3, 0.4) is 0 Å². The van der Waals surface area contributed by atoms with Crippen LogP contribution in [-0.4, -0.2) is 5.97 Å². The number of rotatable bonds is 3. The van der Waals surface area contributed by atoms with E-state index in [0.717, 1.165) is 29.5 Å². The van der Waals surface area contributed by atoms with Crippen LogP contribution in [0.2, 0.25) is 0 Å². The van der Waals surface area contributed by atoms with E-state index >= 15 is 0 Å². The summed E-state index contributed by atoms with van der Waals surface area (Å²) >= 11 is 1.54. The number of carbonyl (C=O) groups is 1. The molecule has 1 unspecified atom stereocenters. The minimum atomic E-state index is -0.911. The Kier molecular flexibility index (Phi) is 3.87. The van der Waals surface area contributed by atoms with Crippen molar-refractivity contribution in [2.45, 2.75) is 31.8 Å². The van der Waals surface area contributed by atoms with E-state index in [1.807, 2.05) is 16.8 Å². The highest BCUT2D eigenvalue weighted by molar-refractivity contribution is 7.08. The van der Waals surface area contributed by atoms with E-state index in [1.165, 1.54) is 23.5 Å². The molecule has 1 aromatic carbocycles. The molecule has 1 aliphatic rings. The zero-order valence-corrected chi connectivity index (χ0v) is 13.2. The average Bonchev–Trinajstić information content (AvgIpc) is 3.02. The maximum Gasteiger partial charge on any atom is 0.334 e. The molecule has 1 aliphatic carbocycles. The maximum absolute atomic E-state index is 13.8. The summed E-state index contributed by atoms with van der Waals surface area (Å²) in [7, 11) is 0. The van der Waals surface area contributed by atoms with Gasteiger partial charge in [0.2, 0.25) is 0 Å². The molecule has 22 heavy (non-hydrogen) atoms. The molecule has 4 heteroatoms. The van der Waals surface area contributed by atoms with Gasteiger partial charge >= 0.3 is 5.97 Å². The predicted octanol–water partition coefficient (Wildman–Crippen LogP) is 4.59. The van der Waals surface area contributed by atoms with Gasteiger partial charge in [-0.15, -0.1) is 0 Å². The lowest BCUT2D eigenvalue weighted by Crippen LogP contribution is -2.37. The Morgan fingerprint density at radius 3 is 2.91 bits per heavy atom. The van der Waals surface area contributed by atoms with Gasteiger partial charge in [0, 0.05) is 16.7 Å². The molecule has 2 aromatic rings. The highest BCUT2D eigenvalue weighted by Crippen LogP contribution is 2.45. The number of thiophene rings is 1. The van der Waals surface area contributed by atoms with Crippen LogP contribution in [0, 0.1) is 5.82 Å². The Bertz CT molecular complexity index is 721. The van der Waals surface area contributed by atoms with Crippen molar-refractivity contribution < 1.29 is 13.9 Å². The lowest BCUT2D eigenvalue weighted by Gasteiger charge is -2.38. The number of carbonyl (C=O) groups excluding carboxylic acids is 1. The van der Waals surface area contributed by atoms with E-state index in [4.69, 9.17) is 4.74 Å². The first-order chi connectivity index (χ1) is 10.5. The van der Waals surface area contributed by atoms with Crippen LogP contribution < -0.4 is 0 Å². The lowest BCUT2D eigenvalue weighted by molar-refractivity contribution is -0.153. The van der Waals surface area contributed by atoms with Gasteiger partial charge in [-0.05, 0) is 60.7 Å². The number of hydrogen-bond acceptors (Lipinski definition) is 3. The summed E-state index contributed by atoms with van der Waals surface area (Å²) in [5, 5.41) is 3.91. The van der Waals surface area contributed by atoms with Crippen molar-refractivity contribution in [3.8, 4) is 0 Å². The van der Waals surface area contributed by atoms with E-state index in [0.29, 0.717) is 12.0 Å². The van der Waals surface area contributed by atoms with Crippen molar-refractivity contribution in [3.63, 3.8) is 0 Å². The summed E-state index contributed by atoms with van der Waals surface area (Å²) in [6, 6.07) is 6.69. The zero-order valence-electron chi connectivity index (χ0n) is 12.4. The van der Waals surface area contributed by atoms with Gasteiger partial charge in [0.05, 0.1) is 0 Å². The number of benzene rings is 1. The van der Waals surface area contributed by atoms with Crippen molar-refractivity contribution in [1.29, 1.82) is 0 Å². The molecule has 3 rings (SSSR count). The number of aryl methyl sites for hydroxylation is 1. The van der Waals surface area contributed by atoms with Crippen molar-refractivity contribution in [2.24, 2.45) is 0 Å². The molecule has 1 atom stereocenters. The zero-order chi connectivity index (χ0) is 15.7. The van der Waals surface area contributed by atoms with Gasteiger partial charge < -0.3 is 4.74 Å². The van der Waals surface area contributed by atoms with Crippen LogP contribution >= 0.6 is 11.3 Å². The molecule has 2 nitrogen and oxygen atoms in total. The Hall–Kier alpha value is -1.94. The standard InChI is InChI=1S/C18H17FO2S/c1-12(2)17(20)21-18(14-7-9-22-11-14)8-3-4-13-5-6-15(19)10-16(13)18/h5-7,9-11H,1,3-4,8H2,2H3. The fourth-order valence-corrected chi connectivity index (χ4v) is 3.73. The molecule has 0 N–H and O–H groups in total. The first kappa shape index (κ1) is 15.0. The van der Waals surface area contributed by atoms with Crippen LogP contribution in [0.5, 0.6) is 0 Å². The molecule has 0 bridgehead atoms. The summed E-state index contributed by atoms with van der Waals surface area (Å²) in [5.41, 5.74) is 2.13. The van der Waals surface area contributed by atoms with E-state index in [9.17, 15) is 9.18 Å². The maximum atomic E-state index is 13.8. The third kappa shape index (κ3) is 2.48. The van der Waals surface area contributed by atoms with E-state index in [2.05, 4.69) is 6.58 Å². The third-order valence-electron chi connectivity index (χ3n) is 4.08. The van der Waals surface area contributed by atoms with Gasteiger partial charge in [-0.1, -0.05) is 12.6 Å². The molecule has 0 aliphatic heterocycles. The van der Waals surface area contributed by atoms with Crippen LogP contribution in [0.1, 0.15) is 36.5 Å². The van der Waals surface area contributed by atoms with Crippen LogP contribution in [0.25, 0.3) is 0 Å². The van der Waals surface area contributed by atoms with Crippen molar-refractivity contribution in [1.82, 2.24) is 0 Å². The molecule has 114 valence electrons. The fourth-order valence-electron chi connectivity index (χ4n) is 3.01. The number of esters is 1. The Labute approximate surface area is 133 Å². The second-order valence-electron chi connectivity index (χ2n) is 5.66. The summed E-state index contributed by atoms with van der Waals surface area (Å²) in [5.74, 6) is -0.755. The van der Waals surface area contributed by atoms with Gasteiger partial charge in [-0.25, -0.2) is 9.18 Å². The number of ether oxygens (including phenoxy) is 1. The molecular weight excluding hydrogens is 299 g/mol. The minimum absolute atomic E-state index is 0.313. The SMILES string of the molecule is C=C(C)C(=O)OC1(c2ccsc2)CCCc2ccc(F)cc21. The predicted molar refractivity (Wildman–Crippen MR) is 85.3 cm³/mol. The monoisotopic (exact) mass is 316 g/mol. The second kappa shape index (κ2) is 5.69. The van der Waals surface area contributed by atoms with Gasteiger partial charge in [-0.3, -0.25) is 0 Å². The Morgan fingerprint density at radius 1 is 1.41 bits per heavy atom. The third-order valence-corrected chi connectivity index (χ3v) is 4.77.